The number of ether oxygens (including phenoxy) is 1. The van der Waals surface area contributed by atoms with Crippen LogP contribution in [0.4, 0.5) is 0 Å². The van der Waals surface area contributed by atoms with Crippen LogP contribution in [0.2, 0.25) is 0 Å². The number of hydrogen-bond acceptors (Lipinski definition) is 4. The van der Waals surface area contributed by atoms with Gasteiger partial charge in [0.15, 0.2) is 5.76 Å². The summed E-state index contributed by atoms with van der Waals surface area (Å²) in [7, 11) is 0. The van der Waals surface area contributed by atoms with Crippen molar-refractivity contribution in [2.45, 2.75) is 13.8 Å². The number of nitrogens with one attached hydrogen (secondary N) is 2. The van der Waals surface area contributed by atoms with Crippen molar-refractivity contribution >= 4 is 11.8 Å². The fraction of sp³-hybridized carbons (Fsp3) is 0.200. The molecule has 0 aliphatic carbocycles. The van der Waals surface area contributed by atoms with Crippen molar-refractivity contribution in [3.05, 3.63) is 53.5 Å². The Bertz CT molecular complexity index is 631. The lowest BCUT2D eigenvalue weighted by atomic mass is 10.2. The van der Waals surface area contributed by atoms with E-state index in [-0.39, 0.29) is 5.76 Å². The molecule has 0 aliphatic rings. The zero-order chi connectivity index (χ0) is 15.2. The molecule has 6 nitrogen and oxygen atoms in total. The molecule has 2 N–H and O–H groups in total. The molecule has 1 heterocycles. The highest BCUT2D eigenvalue weighted by molar-refractivity contribution is 5.98. The third-order valence-electron chi connectivity index (χ3n) is 2.68. The van der Waals surface area contributed by atoms with Crippen LogP contribution in [-0.4, -0.2) is 18.4 Å². The highest BCUT2D eigenvalue weighted by atomic mass is 16.5. The molecular weight excluding hydrogens is 272 g/mol. The number of carbonyl (C=O) groups is 2. The van der Waals surface area contributed by atoms with Crippen molar-refractivity contribution in [3.63, 3.8) is 0 Å². The Hall–Kier alpha value is -2.76. The fourth-order valence-corrected chi connectivity index (χ4v) is 1.67. The fourth-order valence-electron chi connectivity index (χ4n) is 1.67. The first kappa shape index (κ1) is 14.6. The van der Waals surface area contributed by atoms with Gasteiger partial charge in [0.1, 0.15) is 11.5 Å². The van der Waals surface area contributed by atoms with Gasteiger partial charge in [0, 0.05) is 5.56 Å². The van der Waals surface area contributed by atoms with Crippen molar-refractivity contribution in [1.29, 1.82) is 0 Å². The first-order valence-electron chi connectivity index (χ1n) is 6.50. The summed E-state index contributed by atoms with van der Waals surface area (Å²) in [5.74, 6) is 0.513. The maximum atomic E-state index is 11.9. The second kappa shape index (κ2) is 6.60. The molecule has 2 aromatic rings. The zero-order valence-electron chi connectivity index (χ0n) is 11.8. The monoisotopic (exact) mass is 288 g/mol. The molecule has 6 heteroatoms. The topological polar surface area (TPSA) is 80.6 Å². The third kappa shape index (κ3) is 3.85. The van der Waals surface area contributed by atoms with Gasteiger partial charge in [0.25, 0.3) is 5.91 Å². The Labute approximate surface area is 122 Å². The van der Waals surface area contributed by atoms with Gasteiger partial charge in [-0.15, -0.1) is 0 Å². The highest BCUT2D eigenvalue weighted by Crippen LogP contribution is 2.11. The third-order valence-corrected chi connectivity index (χ3v) is 2.68. The van der Waals surface area contributed by atoms with Crippen LogP contribution in [-0.2, 0) is 0 Å². The molecule has 110 valence electrons. The molecule has 2 amide bonds. The minimum absolute atomic E-state index is 0.138. The molecule has 0 radical (unpaired) electrons. The Kier molecular flexibility index (Phi) is 4.61. The summed E-state index contributed by atoms with van der Waals surface area (Å²) >= 11 is 0. The smallest absolute Gasteiger partial charge is 0.305 e. The van der Waals surface area contributed by atoms with Crippen molar-refractivity contribution in [1.82, 2.24) is 10.9 Å². The molecule has 0 aliphatic heterocycles. The normalized spacial score (nSPS) is 10.0. The number of hydrazine groups is 1. The van der Waals surface area contributed by atoms with Gasteiger partial charge >= 0.3 is 5.91 Å². The van der Waals surface area contributed by atoms with E-state index in [1.54, 1.807) is 37.3 Å². The second-order valence-electron chi connectivity index (χ2n) is 4.28. The Morgan fingerprint density at radius 3 is 2.29 bits per heavy atom. The standard InChI is InChI=1S/C15H16N2O4/c1-3-20-12-7-5-11(6-8-12)14(18)16-17-15(19)13-9-4-10(2)21-13/h4-9H,3H2,1-2H3,(H,16,18)(H,17,19). The lowest BCUT2D eigenvalue weighted by Crippen LogP contribution is -2.41. The first-order chi connectivity index (χ1) is 10.1. The van der Waals surface area contributed by atoms with Gasteiger partial charge in [-0.2, -0.15) is 0 Å². The predicted molar refractivity (Wildman–Crippen MR) is 76.0 cm³/mol. The largest absolute Gasteiger partial charge is 0.494 e. The number of amides is 2. The molecular formula is C15H16N2O4. The van der Waals surface area contributed by atoms with Crippen molar-refractivity contribution < 1.29 is 18.7 Å². The van der Waals surface area contributed by atoms with E-state index in [2.05, 4.69) is 10.9 Å². The van der Waals surface area contributed by atoms with Crippen molar-refractivity contribution in [3.8, 4) is 5.75 Å². The molecule has 0 unspecified atom stereocenters. The van der Waals surface area contributed by atoms with Gasteiger partial charge in [-0.1, -0.05) is 0 Å². The summed E-state index contributed by atoms with van der Waals surface area (Å²) in [6.45, 7) is 4.17. The summed E-state index contributed by atoms with van der Waals surface area (Å²) < 4.78 is 10.4. The van der Waals surface area contributed by atoms with Crippen LogP contribution in [0.5, 0.6) is 5.75 Å². The van der Waals surface area contributed by atoms with E-state index in [1.165, 1.54) is 6.07 Å². The van der Waals surface area contributed by atoms with E-state index in [1.807, 2.05) is 6.92 Å². The Balaban J connectivity index is 1.90. The SMILES string of the molecule is CCOc1ccc(C(=O)NNC(=O)c2ccc(C)o2)cc1. The molecule has 0 atom stereocenters. The van der Waals surface area contributed by atoms with Crippen molar-refractivity contribution in [2.75, 3.05) is 6.61 Å². The average Bonchev–Trinajstić information content (AvgIpc) is 2.92. The van der Waals surface area contributed by atoms with E-state index in [9.17, 15) is 9.59 Å². The molecule has 0 bridgehead atoms. The predicted octanol–water partition coefficient (Wildman–Crippen LogP) is 2.06. The van der Waals surface area contributed by atoms with E-state index in [0.717, 1.165) is 0 Å². The lowest BCUT2D eigenvalue weighted by molar-refractivity contribution is 0.0830. The summed E-state index contributed by atoms with van der Waals surface area (Å²) in [4.78, 5) is 23.6. The first-order valence-corrected chi connectivity index (χ1v) is 6.50. The van der Waals surface area contributed by atoms with E-state index >= 15 is 0 Å². The second-order valence-corrected chi connectivity index (χ2v) is 4.28. The number of furan rings is 1. The quantitative estimate of drug-likeness (QED) is 0.844. The van der Waals surface area contributed by atoms with Crippen LogP contribution >= 0.6 is 0 Å². The molecule has 2 rings (SSSR count). The zero-order valence-corrected chi connectivity index (χ0v) is 11.8. The minimum Gasteiger partial charge on any atom is -0.494 e. The highest BCUT2D eigenvalue weighted by Gasteiger charge is 2.11. The molecule has 0 spiro atoms. The number of rotatable bonds is 4. The van der Waals surface area contributed by atoms with Crippen LogP contribution in [0.25, 0.3) is 0 Å². The van der Waals surface area contributed by atoms with Gasteiger partial charge in [0.2, 0.25) is 0 Å². The summed E-state index contributed by atoms with van der Waals surface area (Å²) in [6.07, 6.45) is 0. The number of benzene rings is 1. The summed E-state index contributed by atoms with van der Waals surface area (Å²) in [6, 6.07) is 9.82. The van der Waals surface area contributed by atoms with E-state index in [0.29, 0.717) is 23.7 Å². The molecule has 1 aromatic heterocycles. The van der Waals surface area contributed by atoms with Crippen LogP contribution in [0.3, 0.4) is 0 Å². The van der Waals surface area contributed by atoms with Crippen molar-refractivity contribution in [2.24, 2.45) is 0 Å². The van der Waals surface area contributed by atoms with Gasteiger partial charge < -0.3 is 9.15 Å². The molecule has 0 saturated carbocycles. The van der Waals surface area contributed by atoms with Crippen LogP contribution in [0.15, 0.2) is 40.8 Å². The maximum absolute atomic E-state index is 11.9. The van der Waals surface area contributed by atoms with Crippen LogP contribution in [0.1, 0.15) is 33.6 Å². The van der Waals surface area contributed by atoms with Crippen LogP contribution in [0, 0.1) is 6.92 Å². The number of hydrogen-bond donors (Lipinski definition) is 2. The lowest BCUT2D eigenvalue weighted by Gasteiger charge is -2.07. The van der Waals surface area contributed by atoms with Gasteiger partial charge in [-0.05, 0) is 50.2 Å². The summed E-state index contributed by atoms with van der Waals surface area (Å²) in [5.41, 5.74) is 5.02. The van der Waals surface area contributed by atoms with Gasteiger partial charge in [-0.25, -0.2) is 0 Å². The Morgan fingerprint density at radius 2 is 1.71 bits per heavy atom. The maximum Gasteiger partial charge on any atom is 0.305 e. The molecule has 21 heavy (non-hydrogen) atoms. The minimum atomic E-state index is -0.512. The number of aryl methyl sites for hydroxylation is 1. The van der Waals surface area contributed by atoms with Gasteiger partial charge in [-0.3, -0.25) is 20.4 Å². The van der Waals surface area contributed by atoms with E-state index < -0.39 is 11.8 Å². The average molecular weight is 288 g/mol. The van der Waals surface area contributed by atoms with Crippen LogP contribution < -0.4 is 15.6 Å². The molecule has 0 saturated heterocycles. The Morgan fingerprint density at radius 1 is 1.05 bits per heavy atom. The van der Waals surface area contributed by atoms with Gasteiger partial charge in [0.05, 0.1) is 6.61 Å². The molecule has 1 aromatic carbocycles. The summed E-state index contributed by atoms with van der Waals surface area (Å²) in [5, 5.41) is 0. The molecule has 0 fully saturated rings. The van der Waals surface area contributed by atoms with E-state index in [4.69, 9.17) is 9.15 Å². The number of carbonyl (C=O) groups excluding carboxylic acids is 2.